The maximum atomic E-state index is 13.3. The van der Waals surface area contributed by atoms with Crippen LogP contribution in [0.3, 0.4) is 0 Å². The lowest BCUT2D eigenvalue weighted by atomic mass is 10.2. The molecule has 0 radical (unpaired) electrons. The Morgan fingerprint density at radius 2 is 1.90 bits per heavy atom. The van der Waals surface area contributed by atoms with Gasteiger partial charge < -0.3 is 9.64 Å². The Kier molecular flexibility index (Phi) is 5.25. The van der Waals surface area contributed by atoms with Gasteiger partial charge in [0.05, 0.1) is 24.1 Å². The number of nitrogens with zero attached hydrogens (tertiary/aromatic N) is 3. The van der Waals surface area contributed by atoms with Gasteiger partial charge in [0.15, 0.2) is 5.16 Å². The van der Waals surface area contributed by atoms with E-state index in [9.17, 15) is 9.59 Å². The molecule has 0 saturated carbocycles. The molecule has 0 fully saturated rings. The monoisotopic (exact) mass is 449 g/mol. The van der Waals surface area contributed by atoms with E-state index in [0.29, 0.717) is 33.4 Å². The molecule has 1 amide bonds. The van der Waals surface area contributed by atoms with Gasteiger partial charge in [-0.15, -0.1) is 11.3 Å². The van der Waals surface area contributed by atoms with Gasteiger partial charge in [0, 0.05) is 12.2 Å². The summed E-state index contributed by atoms with van der Waals surface area (Å²) in [5.74, 6) is 0.760. The van der Waals surface area contributed by atoms with Crippen LogP contribution in [0.15, 0.2) is 69.9 Å². The van der Waals surface area contributed by atoms with Crippen molar-refractivity contribution in [2.45, 2.75) is 11.6 Å². The molecular formula is C23H19N3O3S2. The first-order chi connectivity index (χ1) is 15.2. The van der Waals surface area contributed by atoms with E-state index in [1.807, 2.05) is 52.7 Å². The van der Waals surface area contributed by atoms with Gasteiger partial charge >= 0.3 is 0 Å². The highest BCUT2D eigenvalue weighted by atomic mass is 32.2. The number of benzene rings is 2. The Morgan fingerprint density at radius 3 is 2.74 bits per heavy atom. The SMILES string of the molecule is COc1ccccc1-n1c(SCC(=O)N2CCc3ccccc32)nc2ccsc2c1=O. The smallest absolute Gasteiger partial charge is 0.276 e. The molecular weight excluding hydrogens is 430 g/mol. The van der Waals surface area contributed by atoms with Crippen molar-refractivity contribution in [3.8, 4) is 11.4 Å². The van der Waals surface area contributed by atoms with Crippen LogP contribution < -0.4 is 15.2 Å². The molecule has 0 spiro atoms. The fourth-order valence-electron chi connectivity index (χ4n) is 3.82. The highest BCUT2D eigenvalue weighted by Crippen LogP contribution is 2.31. The van der Waals surface area contributed by atoms with Crippen LogP contribution in [0.4, 0.5) is 5.69 Å². The number of fused-ring (bicyclic) bond motifs is 2. The molecule has 156 valence electrons. The molecule has 4 aromatic rings. The van der Waals surface area contributed by atoms with Crippen LogP contribution in [-0.2, 0) is 11.2 Å². The molecule has 0 aliphatic carbocycles. The van der Waals surface area contributed by atoms with Gasteiger partial charge in [-0.25, -0.2) is 4.98 Å². The van der Waals surface area contributed by atoms with Crippen molar-refractivity contribution < 1.29 is 9.53 Å². The largest absolute Gasteiger partial charge is 0.495 e. The third-order valence-corrected chi connectivity index (χ3v) is 7.10. The minimum atomic E-state index is -0.161. The van der Waals surface area contributed by atoms with Crippen molar-refractivity contribution in [1.82, 2.24) is 9.55 Å². The number of rotatable bonds is 5. The predicted octanol–water partition coefficient (Wildman–Crippen LogP) is 4.14. The fraction of sp³-hybridized carbons (Fsp3) is 0.174. The minimum absolute atomic E-state index is 0.00110. The van der Waals surface area contributed by atoms with Gasteiger partial charge in [0.1, 0.15) is 10.4 Å². The summed E-state index contributed by atoms with van der Waals surface area (Å²) < 4.78 is 7.61. The number of amides is 1. The second kappa shape index (κ2) is 8.20. The second-order valence-electron chi connectivity index (χ2n) is 7.05. The lowest BCUT2D eigenvalue weighted by Crippen LogP contribution is -2.31. The normalized spacial score (nSPS) is 12.9. The Hall–Kier alpha value is -3.10. The summed E-state index contributed by atoms with van der Waals surface area (Å²) in [4.78, 5) is 32.8. The zero-order valence-electron chi connectivity index (χ0n) is 16.8. The Bertz CT molecular complexity index is 1350. The number of ether oxygens (including phenoxy) is 1. The topological polar surface area (TPSA) is 64.4 Å². The number of methoxy groups -OCH3 is 1. The van der Waals surface area contributed by atoms with Crippen molar-refractivity contribution in [1.29, 1.82) is 0 Å². The lowest BCUT2D eigenvalue weighted by Gasteiger charge is -2.18. The molecule has 1 aliphatic heterocycles. The molecule has 5 rings (SSSR count). The van der Waals surface area contributed by atoms with Crippen molar-refractivity contribution in [2.75, 3.05) is 24.3 Å². The summed E-state index contributed by atoms with van der Waals surface area (Å²) in [6.07, 6.45) is 0.859. The number of para-hydroxylation sites is 3. The van der Waals surface area contributed by atoms with E-state index >= 15 is 0 Å². The highest BCUT2D eigenvalue weighted by molar-refractivity contribution is 7.99. The third kappa shape index (κ3) is 3.51. The van der Waals surface area contributed by atoms with Crippen LogP contribution in [-0.4, -0.2) is 34.9 Å². The van der Waals surface area contributed by atoms with E-state index in [2.05, 4.69) is 6.07 Å². The van der Waals surface area contributed by atoms with Crippen molar-refractivity contribution in [3.05, 3.63) is 75.9 Å². The molecule has 31 heavy (non-hydrogen) atoms. The molecule has 0 N–H and O–H groups in total. The predicted molar refractivity (Wildman–Crippen MR) is 125 cm³/mol. The van der Waals surface area contributed by atoms with E-state index in [4.69, 9.17) is 9.72 Å². The number of aromatic nitrogens is 2. The summed E-state index contributed by atoms with van der Waals surface area (Å²) >= 11 is 2.63. The van der Waals surface area contributed by atoms with E-state index in [-0.39, 0.29) is 17.2 Å². The van der Waals surface area contributed by atoms with Crippen LogP contribution >= 0.6 is 23.1 Å². The number of anilines is 1. The molecule has 2 aromatic carbocycles. The van der Waals surface area contributed by atoms with Gasteiger partial charge in [0.2, 0.25) is 5.91 Å². The molecule has 2 aromatic heterocycles. The number of thiophene rings is 1. The average molecular weight is 450 g/mol. The first kappa shape index (κ1) is 19.8. The number of hydrogen-bond donors (Lipinski definition) is 0. The fourth-order valence-corrected chi connectivity index (χ4v) is 5.46. The Morgan fingerprint density at radius 1 is 1.13 bits per heavy atom. The van der Waals surface area contributed by atoms with Crippen LogP contribution in [0.25, 0.3) is 15.9 Å². The van der Waals surface area contributed by atoms with Crippen molar-refractivity contribution in [3.63, 3.8) is 0 Å². The molecule has 0 saturated heterocycles. The molecule has 1 aliphatic rings. The zero-order chi connectivity index (χ0) is 21.4. The van der Waals surface area contributed by atoms with Gasteiger partial charge in [-0.1, -0.05) is 42.1 Å². The summed E-state index contributed by atoms with van der Waals surface area (Å²) in [5, 5.41) is 2.33. The standard InChI is InChI=1S/C23H19N3O3S2/c1-29-19-9-5-4-8-18(19)26-22(28)21-16(11-13-30-21)24-23(26)31-14-20(27)25-12-10-15-6-2-3-7-17(15)25/h2-9,11,13H,10,12,14H2,1H3. The first-order valence-electron chi connectivity index (χ1n) is 9.82. The summed E-state index contributed by atoms with van der Waals surface area (Å²) in [7, 11) is 1.57. The number of thioether (sulfide) groups is 1. The first-order valence-corrected chi connectivity index (χ1v) is 11.7. The summed E-state index contributed by atoms with van der Waals surface area (Å²) in [5.41, 5.74) is 3.24. The Labute approximate surface area is 187 Å². The van der Waals surface area contributed by atoms with Gasteiger partial charge in [-0.3, -0.25) is 14.2 Å². The molecule has 6 nitrogen and oxygen atoms in total. The van der Waals surface area contributed by atoms with Crippen molar-refractivity contribution >= 4 is 44.9 Å². The maximum absolute atomic E-state index is 13.3. The van der Waals surface area contributed by atoms with Crippen LogP contribution in [0, 0.1) is 0 Å². The third-order valence-electron chi connectivity index (χ3n) is 5.29. The molecule has 0 atom stereocenters. The average Bonchev–Trinajstić information content (AvgIpc) is 3.45. The van der Waals surface area contributed by atoms with Gasteiger partial charge in [-0.05, 0) is 41.6 Å². The van der Waals surface area contributed by atoms with Crippen LogP contribution in [0.2, 0.25) is 0 Å². The molecule has 0 bridgehead atoms. The second-order valence-corrected chi connectivity index (χ2v) is 8.91. The van der Waals surface area contributed by atoms with Crippen LogP contribution in [0.5, 0.6) is 5.75 Å². The van der Waals surface area contributed by atoms with E-state index in [0.717, 1.165) is 12.1 Å². The molecule has 0 unspecified atom stereocenters. The number of carbonyl (C=O) groups excluding carboxylic acids is 1. The maximum Gasteiger partial charge on any atom is 0.276 e. The van der Waals surface area contributed by atoms with Gasteiger partial charge in [0.25, 0.3) is 5.56 Å². The van der Waals surface area contributed by atoms with E-state index in [1.54, 1.807) is 17.7 Å². The van der Waals surface area contributed by atoms with E-state index in [1.165, 1.54) is 28.7 Å². The van der Waals surface area contributed by atoms with E-state index < -0.39 is 0 Å². The van der Waals surface area contributed by atoms with Gasteiger partial charge in [-0.2, -0.15) is 0 Å². The van der Waals surface area contributed by atoms with Crippen LogP contribution in [0.1, 0.15) is 5.56 Å². The zero-order valence-corrected chi connectivity index (χ0v) is 18.4. The minimum Gasteiger partial charge on any atom is -0.495 e. The Balaban J connectivity index is 1.51. The summed E-state index contributed by atoms with van der Waals surface area (Å²) in [6, 6.07) is 17.1. The highest BCUT2D eigenvalue weighted by Gasteiger charge is 2.25. The lowest BCUT2D eigenvalue weighted by molar-refractivity contribution is -0.116. The molecule has 8 heteroatoms. The van der Waals surface area contributed by atoms with Crippen molar-refractivity contribution in [2.24, 2.45) is 0 Å². The molecule has 3 heterocycles. The number of hydrogen-bond acceptors (Lipinski definition) is 6. The number of carbonyl (C=O) groups is 1. The quantitative estimate of drug-likeness (QED) is 0.339. The summed E-state index contributed by atoms with van der Waals surface area (Å²) in [6.45, 7) is 0.676.